The number of anilines is 2. The van der Waals surface area contributed by atoms with Gasteiger partial charge in [-0.25, -0.2) is 9.37 Å². The minimum absolute atomic E-state index is 0.336. The molecule has 108 valence electrons. The molecule has 0 radical (unpaired) electrons. The van der Waals surface area contributed by atoms with Crippen LogP contribution in [0.3, 0.4) is 0 Å². The second kappa shape index (κ2) is 4.90. The van der Waals surface area contributed by atoms with Crippen LogP contribution in [-0.2, 0) is 6.18 Å². The molecule has 2 aromatic rings. The van der Waals surface area contributed by atoms with E-state index in [2.05, 4.69) is 9.97 Å². The summed E-state index contributed by atoms with van der Waals surface area (Å²) in [6, 6.07) is 3.38. The van der Waals surface area contributed by atoms with Crippen LogP contribution in [0.5, 0.6) is 0 Å². The van der Waals surface area contributed by atoms with Crippen LogP contribution in [0.25, 0.3) is 11.3 Å². The summed E-state index contributed by atoms with van der Waals surface area (Å²) in [5, 5.41) is 8.98. The molecule has 0 bridgehead atoms. The van der Waals surface area contributed by atoms with Crippen LogP contribution >= 0.6 is 0 Å². The zero-order chi connectivity index (χ0) is 15.8. The maximum atomic E-state index is 13.8. The molecule has 0 spiro atoms. The third-order valence-corrected chi connectivity index (χ3v) is 2.61. The number of hydrogen-bond acceptors (Lipinski definition) is 5. The SMILES string of the molecule is N#Cc1c(N)nc(N)nc1-c1cc(C(F)(F)F)ccc1F. The van der Waals surface area contributed by atoms with Gasteiger partial charge in [-0.1, -0.05) is 0 Å². The van der Waals surface area contributed by atoms with Crippen molar-refractivity contribution in [2.75, 3.05) is 11.5 Å². The summed E-state index contributed by atoms with van der Waals surface area (Å²) in [6.07, 6.45) is -4.67. The molecule has 0 unspecified atom stereocenters. The van der Waals surface area contributed by atoms with Crippen molar-refractivity contribution < 1.29 is 17.6 Å². The van der Waals surface area contributed by atoms with Crippen LogP contribution in [0.15, 0.2) is 18.2 Å². The first kappa shape index (κ1) is 14.5. The molecule has 1 aromatic heterocycles. The van der Waals surface area contributed by atoms with Crippen molar-refractivity contribution in [2.45, 2.75) is 6.18 Å². The lowest BCUT2D eigenvalue weighted by Crippen LogP contribution is -2.08. The number of benzene rings is 1. The molecular weight excluding hydrogens is 290 g/mol. The van der Waals surface area contributed by atoms with Crippen LogP contribution in [0.4, 0.5) is 29.3 Å². The fraction of sp³-hybridized carbons (Fsp3) is 0.0833. The molecule has 21 heavy (non-hydrogen) atoms. The predicted molar refractivity (Wildman–Crippen MR) is 66.0 cm³/mol. The highest BCUT2D eigenvalue weighted by atomic mass is 19.4. The zero-order valence-corrected chi connectivity index (χ0v) is 10.2. The highest BCUT2D eigenvalue weighted by Crippen LogP contribution is 2.34. The van der Waals surface area contributed by atoms with E-state index >= 15 is 0 Å². The molecule has 2 rings (SSSR count). The molecule has 0 fully saturated rings. The summed E-state index contributed by atoms with van der Waals surface area (Å²) >= 11 is 0. The first-order valence-corrected chi connectivity index (χ1v) is 5.44. The van der Waals surface area contributed by atoms with Crippen LogP contribution in [0.2, 0.25) is 0 Å². The summed E-state index contributed by atoms with van der Waals surface area (Å²) in [5.41, 5.74) is 8.45. The quantitative estimate of drug-likeness (QED) is 0.787. The molecule has 1 heterocycles. The van der Waals surface area contributed by atoms with Crippen LogP contribution in [0.1, 0.15) is 11.1 Å². The minimum Gasteiger partial charge on any atom is -0.382 e. The van der Waals surface area contributed by atoms with Crippen LogP contribution < -0.4 is 11.5 Å². The Hall–Kier alpha value is -2.89. The maximum Gasteiger partial charge on any atom is 0.416 e. The van der Waals surface area contributed by atoms with Crippen molar-refractivity contribution in [1.29, 1.82) is 5.26 Å². The predicted octanol–water partition coefficient (Wildman–Crippen LogP) is 2.34. The summed E-state index contributed by atoms with van der Waals surface area (Å²) in [5.74, 6) is -1.70. The Morgan fingerprint density at radius 2 is 1.81 bits per heavy atom. The van der Waals surface area contributed by atoms with Crippen molar-refractivity contribution >= 4 is 11.8 Å². The van der Waals surface area contributed by atoms with Crippen molar-refractivity contribution in [2.24, 2.45) is 0 Å². The van der Waals surface area contributed by atoms with E-state index < -0.39 is 23.1 Å². The van der Waals surface area contributed by atoms with Crippen molar-refractivity contribution in [1.82, 2.24) is 9.97 Å². The van der Waals surface area contributed by atoms with Gasteiger partial charge in [0.15, 0.2) is 0 Å². The van der Waals surface area contributed by atoms with E-state index in [4.69, 9.17) is 16.7 Å². The van der Waals surface area contributed by atoms with Gasteiger partial charge in [-0.05, 0) is 18.2 Å². The van der Waals surface area contributed by atoms with E-state index in [1.54, 1.807) is 6.07 Å². The topological polar surface area (TPSA) is 102 Å². The average Bonchev–Trinajstić information content (AvgIpc) is 2.37. The van der Waals surface area contributed by atoms with Gasteiger partial charge in [0.25, 0.3) is 0 Å². The van der Waals surface area contributed by atoms with Gasteiger partial charge in [-0.3, -0.25) is 0 Å². The largest absolute Gasteiger partial charge is 0.416 e. The van der Waals surface area contributed by atoms with Gasteiger partial charge < -0.3 is 11.5 Å². The highest BCUT2D eigenvalue weighted by Gasteiger charge is 2.32. The second-order valence-electron chi connectivity index (χ2n) is 3.99. The van der Waals surface area contributed by atoms with Gasteiger partial charge in [0.2, 0.25) is 5.95 Å². The lowest BCUT2D eigenvalue weighted by molar-refractivity contribution is -0.137. The number of halogens is 4. The summed E-state index contributed by atoms with van der Waals surface area (Å²) in [7, 11) is 0. The monoisotopic (exact) mass is 297 g/mol. The fourth-order valence-corrected chi connectivity index (χ4v) is 1.68. The second-order valence-corrected chi connectivity index (χ2v) is 3.99. The number of nitrogen functional groups attached to an aromatic ring is 2. The average molecular weight is 297 g/mol. The maximum absolute atomic E-state index is 13.8. The van der Waals surface area contributed by atoms with Gasteiger partial charge in [0, 0.05) is 5.56 Å². The van der Waals surface area contributed by atoms with E-state index in [9.17, 15) is 17.6 Å². The Kier molecular flexibility index (Phi) is 3.39. The number of alkyl halides is 3. The minimum atomic E-state index is -4.67. The van der Waals surface area contributed by atoms with Gasteiger partial charge in [0.05, 0.1) is 11.3 Å². The Bertz CT molecular complexity index is 749. The molecule has 9 heteroatoms. The summed E-state index contributed by atoms with van der Waals surface area (Å²) in [4.78, 5) is 7.12. The molecule has 1 aromatic carbocycles. The Morgan fingerprint density at radius 3 is 2.38 bits per heavy atom. The summed E-state index contributed by atoms with van der Waals surface area (Å²) < 4.78 is 51.9. The van der Waals surface area contributed by atoms with Crippen LogP contribution in [-0.4, -0.2) is 9.97 Å². The molecule has 5 nitrogen and oxygen atoms in total. The number of aromatic nitrogens is 2. The standard InChI is InChI=1S/C12H7F4N5/c13-8-2-1-5(12(14,15)16)3-6(8)9-7(4-17)10(18)21-11(19)20-9/h1-3H,(H4,18,19,20,21). The van der Waals surface area contributed by atoms with E-state index in [0.29, 0.717) is 18.2 Å². The number of nitrogens with two attached hydrogens (primary N) is 2. The molecule has 0 saturated heterocycles. The first-order valence-electron chi connectivity index (χ1n) is 5.44. The number of rotatable bonds is 1. The molecule has 0 aliphatic rings. The third kappa shape index (κ3) is 2.69. The molecule has 0 atom stereocenters. The van der Waals surface area contributed by atoms with E-state index in [-0.39, 0.29) is 23.0 Å². The number of nitriles is 1. The van der Waals surface area contributed by atoms with Gasteiger partial charge in [-0.15, -0.1) is 0 Å². The molecule has 4 N–H and O–H groups in total. The van der Waals surface area contributed by atoms with Crippen molar-refractivity contribution in [3.63, 3.8) is 0 Å². The Labute approximate surface area is 115 Å². The summed E-state index contributed by atoms with van der Waals surface area (Å²) in [6.45, 7) is 0. The molecule has 0 saturated carbocycles. The first-order chi connectivity index (χ1) is 9.74. The van der Waals surface area contributed by atoms with Crippen molar-refractivity contribution in [3.8, 4) is 17.3 Å². The number of nitrogens with zero attached hydrogens (tertiary/aromatic N) is 3. The van der Waals surface area contributed by atoms with Gasteiger partial charge in [0.1, 0.15) is 23.3 Å². The lowest BCUT2D eigenvalue weighted by Gasteiger charge is -2.11. The molecule has 0 amide bonds. The van der Waals surface area contributed by atoms with Crippen LogP contribution in [0, 0.1) is 17.1 Å². The number of hydrogen-bond donors (Lipinski definition) is 2. The zero-order valence-electron chi connectivity index (χ0n) is 10.2. The highest BCUT2D eigenvalue weighted by molar-refractivity contribution is 5.73. The van der Waals surface area contributed by atoms with Gasteiger partial charge >= 0.3 is 6.18 Å². The van der Waals surface area contributed by atoms with Gasteiger partial charge in [-0.2, -0.15) is 23.4 Å². The third-order valence-electron chi connectivity index (χ3n) is 2.61. The Balaban J connectivity index is 2.76. The normalized spacial score (nSPS) is 11.2. The van der Waals surface area contributed by atoms with E-state index in [1.807, 2.05) is 0 Å². The smallest absolute Gasteiger partial charge is 0.382 e. The van der Waals surface area contributed by atoms with E-state index in [1.165, 1.54) is 0 Å². The molecule has 0 aliphatic carbocycles. The Morgan fingerprint density at radius 1 is 1.14 bits per heavy atom. The molecule has 0 aliphatic heterocycles. The lowest BCUT2D eigenvalue weighted by atomic mass is 10.0. The molecular formula is C12H7F4N5. The van der Waals surface area contributed by atoms with Crippen molar-refractivity contribution in [3.05, 3.63) is 35.1 Å². The van der Waals surface area contributed by atoms with E-state index in [0.717, 1.165) is 0 Å². The fourth-order valence-electron chi connectivity index (χ4n) is 1.68.